The third kappa shape index (κ3) is 7.25. The SMILES string of the molecule is CC.CC(C)=C/C(NSC1CC1c1ccc(O)c(F)c1)=C(/Nc1ccc(C)cc1F)N(C)C=O. The van der Waals surface area contributed by atoms with Crippen molar-refractivity contribution in [1.29, 1.82) is 0 Å². The van der Waals surface area contributed by atoms with Crippen LogP contribution in [0.25, 0.3) is 0 Å². The number of anilines is 1. The second-order valence-corrected chi connectivity index (χ2v) is 9.17. The Bertz CT molecular complexity index is 1070. The molecular weight excluding hydrogens is 456 g/mol. The molecule has 2 aromatic rings. The molecule has 0 heterocycles. The van der Waals surface area contributed by atoms with E-state index in [0.29, 0.717) is 17.9 Å². The normalized spacial score (nSPS) is 16.9. The summed E-state index contributed by atoms with van der Waals surface area (Å²) in [5.74, 6) is -0.839. The van der Waals surface area contributed by atoms with Crippen molar-refractivity contribution in [3.8, 4) is 5.75 Å². The zero-order chi connectivity index (χ0) is 25.4. The lowest BCUT2D eigenvalue weighted by molar-refractivity contribution is -0.115. The molecule has 0 spiro atoms. The Kier molecular flexibility index (Phi) is 9.98. The summed E-state index contributed by atoms with van der Waals surface area (Å²) < 4.78 is 31.4. The van der Waals surface area contributed by atoms with E-state index in [1.807, 2.05) is 33.8 Å². The van der Waals surface area contributed by atoms with Crippen LogP contribution in [0.1, 0.15) is 51.2 Å². The average molecular weight is 490 g/mol. The lowest BCUT2D eigenvalue weighted by atomic mass is 10.1. The van der Waals surface area contributed by atoms with E-state index in [9.17, 15) is 18.7 Å². The van der Waals surface area contributed by atoms with Gasteiger partial charge in [-0.15, -0.1) is 0 Å². The minimum Gasteiger partial charge on any atom is -0.505 e. The first-order chi connectivity index (χ1) is 16.2. The van der Waals surface area contributed by atoms with Gasteiger partial charge in [-0.25, -0.2) is 8.78 Å². The zero-order valence-electron chi connectivity index (χ0n) is 20.4. The topological polar surface area (TPSA) is 64.6 Å². The minimum atomic E-state index is -0.629. The van der Waals surface area contributed by atoms with Gasteiger partial charge < -0.3 is 20.0 Å². The Hall–Kier alpha value is -3.00. The third-order valence-electron chi connectivity index (χ3n) is 5.03. The van der Waals surface area contributed by atoms with E-state index >= 15 is 0 Å². The van der Waals surface area contributed by atoms with E-state index in [0.717, 1.165) is 23.1 Å². The highest BCUT2D eigenvalue weighted by Crippen LogP contribution is 2.49. The number of nitrogens with zero attached hydrogens (tertiary/aromatic N) is 1. The van der Waals surface area contributed by atoms with Crippen LogP contribution in [0.2, 0.25) is 0 Å². The quantitative estimate of drug-likeness (QED) is 0.215. The fraction of sp³-hybridized carbons (Fsp3) is 0.346. The molecule has 0 aliphatic heterocycles. The first kappa shape index (κ1) is 27.2. The molecule has 5 nitrogen and oxygen atoms in total. The fourth-order valence-electron chi connectivity index (χ4n) is 3.23. The zero-order valence-corrected chi connectivity index (χ0v) is 21.3. The molecule has 0 aromatic heterocycles. The molecule has 0 bridgehead atoms. The van der Waals surface area contributed by atoms with Gasteiger partial charge in [-0.05, 0) is 86.5 Å². The van der Waals surface area contributed by atoms with E-state index in [4.69, 9.17) is 0 Å². The molecular formula is C26H33F2N3O2S. The summed E-state index contributed by atoms with van der Waals surface area (Å²) in [5, 5.41) is 12.6. The van der Waals surface area contributed by atoms with Gasteiger partial charge >= 0.3 is 0 Å². The maximum atomic E-state index is 14.4. The molecule has 1 saturated carbocycles. The van der Waals surface area contributed by atoms with Crippen LogP contribution < -0.4 is 10.0 Å². The number of halogens is 2. The first-order valence-electron chi connectivity index (χ1n) is 11.2. The number of phenols is 1. The highest BCUT2D eigenvalue weighted by Gasteiger charge is 2.39. The van der Waals surface area contributed by atoms with Crippen LogP contribution in [0.3, 0.4) is 0 Å². The molecule has 8 heteroatoms. The number of hydrogen-bond acceptors (Lipinski definition) is 5. The van der Waals surface area contributed by atoms with Gasteiger partial charge in [0.25, 0.3) is 0 Å². The largest absolute Gasteiger partial charge is 0.505 e. The molecule has 34 heavy (non-hydrogen) atoms. The Morgan fingerprint density at radius 3 is 2.44 bits per heavy atom. The van der Waals surface area contributed by atoms with E-state index in [1.165, 1.54) is 35.0 Å². The Morgan fingerprint density at radius 1 is 1.15 bits per heavy atom. The number of benzene rings is 2. The number of hydrogen-bond donors (Lipinski definition) is 3. The van der Waals surface area contributed by atoms with Gasteiger partial charge in [0.1, 0.15) is 11.6 Å². The summed E-state index contributed by atoms with van der Waals surface area (Å²) in [7, 11) is 1.59. The van der Waals surface area contributed by atoms with E-state index in [1.54, 1.807) is 32.2 Å². The van der Waals surface area contributed by atoms with E-state index < -0.39 is 11.6 Å². The van der Waals surface area contributed by atoms with E-state index in [2.05, 4.69) is 10.0 Å². The summed E-state index contributed by atoms with van der Waals surface area (Å²) in [4.78, 5) is 12.9. The van der Waals surface area contributed by atoms with Crippen LogP contribution in [-0.4, -0.2) is 28.7 Å². The predicted molar refractivity (Wildman–Crippen MR) is 136 cm³/mol. The second kappa shape index (κ2) is 12.5. The van der Waals surface area contributed by atoms with Crippen LogP contribution in [0.5, 0.6) is 5.75 Å². The third-order valence-corrected chi connectivity index (χ3v) is 6.19. The standard InChI is InChI=1S/C24H27F2N3O2S.C2H6/c1-14(2)9-21(24(29(4)13-30)27-20-7-5-15(3)10-18(20)25)28-32-23-12-17(23)16-6-8-22(31)19(26)11-16;1-2/h5-11,13,17,23,27-28,31H,12H2,1-4H3;1-2H3/b24-21+;. The summed E-state index contributed by atoms with van der Waals surface area (Å²) in [6.07, 6.45) is 3.38. The molecule has 2 unspecified atom stereocenters. The maximum absolute atomic E-state index is 14.4. The molecule has 1 fully saturated rings. The lowest BCUT2D eigenvalue weighted by Gasteiger charge is -2.22. The molecule has 0 saturated heterocycles. The van der Waals surface area contributed by atoms with Gasteiger partial charge in [0.2, 0.25) is 6.41 Å². The number of aromatic hydroxyl groups is 1. The molecule has 3 N–H and O–H groups in total. The molecule has 3 rings (SSSR count). The van der Waals surface area contributed by atoms with Gasteiger partial charge in [-0.3, -0.25) is 4.79 Å². The number of nitrogens with one attached hydrogen (secondary N) is 2. The molecule has 0 radical (unpaired) electrons. The van der Waals surface area contributed by atoms with Gasteiger partial charge in [0.15, 0.2) is 11.6 Å². The molecule has 184 valence electrons. The van der Waals surface area contributed by atoms with Crippen LogP contribution in [0.4, 0.5) is 14.5 Å². The van der Waals surface area contributed by atoms with Crippen LogP contribution in [0, 0.1) is 18.6 Å². The lowest BCUT2D eigenvalue weighted by Crippen LogP contribution is -2.26. The smallest absolute Gasteiger partial charge is 0.215 e. The van der Waals surface area contributed by atoms with Crippen molar-refractivity contribution >= 4 is 24.0 Å². The Balaban J connectivity index is 0.00000199. The van der Waals surface area contributed by atoms with Gasteiger partial charge in [-0.2, -0.15) is 0 Å². The molecule has 1 aliphatic carbocycles. The molecule has 1 amide bonds. The first-order valence-corrected chi connectivity index (χ1v) is 12.1. The number of allylic oxidation sites excluding steroid dienone is 2. The second-order valence-electron chi connectivity index (χ2n) is 8.12. The number of amides is 1. The number of rotatable bonds is 9. The van der Waals surface area contributed by atoms with Crippen molar-refractivity contribution in [3.05, 3.63) is 82.3 Å². The highest BCUT2D eigenvalue weighted by atomic mass is 32.2. The van der Waals surface area contributed by atoms with Crippen molar-refractivity contribution in [1.82, 2.24) is 9.62 Å². The van der Waals surface area contributed by atoms with Crippen molar-refractivity contribution in [2.75, 3.05) is 12.4 Å². The summed E-state index contributed by atoms with van der Waals surface area (Å²) >= 11 is 1.47. The molecule has 1 aliphatic rings. The van der Waals surface area contributed by atoms with Gasteiger partial charge in [-0.1, -0.05) is 31.6 Å². The summed E-state index contributed by atoms with van der Waals surface area (Å²) in [6.45, 7) is 9.66. The highest BCUT2D eigenvalue weighted by molar-refractivity contribution is 7.98. The molecule has 2 aromatic carbocycles. The average Bonchev–Trinajstić information content (AvgIpc) is 3.58. The number of aryl methyl sites for hydroxylation is 1. The van der Waals surface area contributed by atoms with Crippen molar-refractivity contribution in [2.45, 2.75) is 52.2 Å². The summed E-state index contributed by atoms with van der Waals surface area (Å²) in [5.41, 5.74) is 3.49. The number of carbonyl (C=O) groups is 1. The Labute approximate surface area is 205 Å². The van der Waals surface area contributed by atoms with Crippen molar-refractivity contribution < 1.29 is 18.7 Å². The van der Waals surface area contributed by atoms with Crippen molar-refractivity contribution in [2.24, 2.45) is 0 Å². The maximum Gasteiger partial charge on any atom is 0.215 e. The number of carbonyl (C=O) groups excluding carboxylic acids is 1. The molecule has 2 atom stereocenters. The van der Waals surface area contributed by atoms with Gasteiger partial charge in [0.05, 0.1) is 11.4 Å². The summed E-state index contributed by atoms with van der Waals surface area (Å²) in [6, 6.07) is 9.30. The fourth-order valence-corrected chi connectivity index (χ4v) is 4.29. The van der Waals surface area contributed by atoms with Crippen LogP contribution >= 0.6 is 11.9 Å². The predicted octanol–water partition coefficient (Wildman–Crippen LogP) is 6.43. The Morgan fingerprint density at radius 2 is 1.85 bits per heavy atom. The van der Waals surface area contributed by atoms with Crippen molar-refractivity contribution in [3.63, 3.8) is 0 Å². The number of phenolic OH excluding ortho intramolecular Hbond substituents is 1. The van der Waals surface area contributed by atoms with Gasteiger partial charge in [0, 0.05) is 12.3 Å². The minimum absolute atomic E-state index is 0.158. The van der Waals surface area contributed by atoms with Crippen LogP contribution in [-0.2, 0) is 4.79 Å². The van der Waals surface area contributed by atoms with Crippen LogP contribution in [0.15, 0.2) is 59.6 Å². The van der Waals surface area contributed by atoms with E-state index in [-0.39, 0.29) is 22.6 Å². The monoisotopic (exact) mass is 489 g/mol.